The van der Waals surface area contributed by atoms with Crippen molar-refractivity contribution < 1.29 is 19.4 Å². The highest BCUT2D eigenvalue weighted by Crippen LogP contribution is 2.37. The number of para-hydroxylation sites is 1. The number of carbonyl (C=O) groups excluding carboxylic acids is 1. The van der Waals surface area contributed by atoms with Crippen LogP contribution in [0.3, 0.4) is 0 Å². The minimum absolute atomic E-state index is 0.115. The number of rotatable bonds is 5. The summed E-state index contributed by atoms with van der Waals surface area (Å²) in [6, 6.07) is 7.26. The zero-order chi connectivity index (χ0) is 16.4. The molecule has 124 valence electrons. The fourth-order valence-corrected chi connectivity index (χ4v) is 3.59. The quantitative estimate of drug-likeness (QED) is 0.906. The molecule has 5 heteroatoms. The summed E-state index contributed by atoms with van der Waals surface area (Å²) >= 11 is 0. The van der Waals surface area contributed by atoms with Gasteiger partial charge < -0.3 is 14.7 Å². The Morgan fingerprint density at radius 1 is 1.30 bits per heavy atom. The van der Waals surface area contributed by atoms with Crippen LogP contribution in [-0.2, 0) is 14.3 Å². The molecule has 2 unspecified atom stereocenters. The van der Waals surface area contributed by atoms with Gasteiger partial charge in [-0.3, -0.25) is 9.59 Å². The van der Waals surface area contributed by atoms with Gasteiger partial charge in [-0.25, -0.2) is 0 Å². The smallest absolute Gasteiger partial charge is 0.312 e. The highest BCUT2D eigenvalue weighted by Gasteiger charge is 2.39. The van der Waals surface area contributed by atoms with Crippen LogP contribution >= 0.6 is 0 Å². The Labute approximate surface area is 136 Å². The second kappa shape index (κ2) is 6.71. The molecule has 2 atom stereocenters. The summed E-state index contributed by atoms with van der Waals surface area (Å²) in [6.45, 7) is 2.13. The molecule has 3 rings (SSSR count). The third kappa shape index (κ3) is 3.11. The van der Waals surface area contributed by atoms with Gasteiger partial charge in [-0.05, 0) is 30.9 Å². The third-order valence-electron chi connectivity index (χ3n) is 4.84. The van der Waals surface area contributed by atoms with E-state index in [1.165, 1.54) is 0 Å². The number of hydrogen-bond donors (Lipinski definition) is 1. The lowest BCUT2D eigenvalue weighted by Crippen LogP contribution is -2.41. The van der Waals surface area contributed by atoms with Crippen LogP contribution in [0.2, 0.25) is 0 Å². The van der Waals surface area contributed by atoms with Gasteiger partial charge in [-0.2, -0.15) is 0 Å². The molecule has 1 amide bonds. The molecule has 0 radical (unpaired) electrons. The number of carboxylic acids is 1. The van der Waals surface area contributed by atoms with E-state index in [1.54, 1.807) is 11.0 Å². The number of carboxylic acid groups (broad SMARTS) is 1. The van der Waals surface area contributed by atoms with E-state index in [0.29, 0.717) is 17.7 Å². The topological polar surface area (TPSA) is 66.8 Å². The maximum absolute atomic E-state index is 12.9. The van der Waals surface area contributed by atoms with Gasteiger partial charge in [-0.1, -0.05) is 38.0 Å². The van der Waals surface area contributed by atoms with Crippen molar-refractivity contribution in [2.24, 2.45) is 0 Å². The molecule has 1 aliphatic heterocycles. The summed E-state index contributed by atoms with van der Waals surface area (Å²) in [4.78, 5) is 26.0. The van der Waals surface area contributed by atoms with E-state index in [4.69, 9.17) is 4.74 Å². The summed E-state index contributed by atoms with van der Waals surface area (Å²) in [6.07, 6.45) is 4.61. The first-order valence-corrected chi connectivity index (χ1v) is 8.40. The molecule has 1 N–H and O–H groups in total. The number of benzene rings is 1. The Bertz CT molecular complexity index is 594. The monoisotopic (exact) mass is 317 g/mol. The van der Waals surface area contributed by atoms with Gasteiger partial charge in [0.05, 0.1) is 6.10 Å². The number of anilines is 1. The molecule has 1 aromatic carbocycles. The third-order valence-corrected chi connectivity index (χ3v) is 4.84. The largest absolute Gasteiger partial charge is 0.481 e. The van der Waals surface area contributed by atoms with Crippen molar-refractivity contribution in [1.82, 2.24) is 0 Å². The van der Waals surface area contributed by atoms with Gasteiger partial charge in [0.2, 0.25) is 0 Å². The highest BCUT2D eigenvalue weighted by molar-refractivity contribution is 6.01. The molecular formula is C18H23NO4. The van der Waals surface area contributed by atoms with E-state index < -0.39 is 18.0 Å². The lowest BCUT2D eigenvalue weighted by molar-refractivity contribution is -0.138. The minimum atomic E-state index is -0.891. The van der Waals surface area contributed by atoms with Crippen molar-refractivity contribution in [2.45, 2.75) is 57.2 Å². The number of nitrogens with zero attached hydrogens (tertiary/aromatic N) is 1. The number of aliphatic carboxylic acids is 1. The molecule has 1 heterocycles. The van der Waals surface area contributed by atoms with Crippen LogP contribution in [0.25, 0.3) is 0 Å². The van der Waals surface area contributed by atoms with E-state index in [2.05, 4.69) is 0 Å². The molecule has 1 aromatic rings. The van der Waals surface area contributed by atoms with Crippen molar-refractivity contribution in [3.05, 3.63) is 29.8 Å². The molecular weight excluding hydrogens is 294 g/mol. The molecule has 1 saturated carbocycles. The summed E-state index contributed by atoms with van der Waals surface area (Å²) in [5.74, 6) is -1.66. The number of hydrogen-bond acceptors (Lipinski definition) is 3. The van der Waals surface area contributed by atoms with Crippen molar-refractivity contribution in [1.29, 1.82) is 0 Å². The molecule has 0 spiro atoms. The summed E-state index contributed by atoms with van der Waals surface area (Å²) in [5, 5.41) is 9.42. The first-order valence-electron chi connectivity index (χ1n) is 8.40. The predicted octanol–water partition coefficient (Wildman–Crippen LogP) is 2.94. The Morgan fingerprint density at radius 3 is 2.65 bits per heavy atom. The first kappa shape index (κ1) is 16.0. The van der Waals surface area contributed by atoms with Crippen LogP contribution in [-0.4, -0.2) is 35.7 Å². The maximum Gasteiger partial charge on any atom is 0.312 e. The number of ether oxygens (including phenoxy) is 1. The maximum atomic E-state index is 12.9. The minimum Gasteiger partial charge on any atom is -0.481 e. The second-order valence-electron chi connectivity index (χ2n) is 6.34. The van der Waals surface area contributed by atoms with Crippen LogP contribution < -0.4 is 4.90 Å². The van der Waals surface area contributed by atoms with Crippen LogP contribution in [0.15, 0.2) is 24.3 Å². The van der Waals surface area contributed by atoms with Crippen LogP contribution in [0.4, 0.5) is 5.69 Å². The SMILES string of the molecule is CCC(OC1CCCC1)C(=O)N1CC(C(=O)O)c2ccccc21. The van der Waals surface area contributed by atoms with Crippen LogP contribution in [0.1, 0.15) is 50.5 Å². The first-order chi connectivity index (χ1) is 11.1. The van der Waals surface area contributed by atoms with Gasteiger partial charge in [-0.15, -0.1) is 0 Å². The zero-order valence-corrected chi connectivity index (χ0v) is 13.4. The molecule has 0 aromatic heterocycles. The average Bonchev–Trinajstić information content (AvgIpc) is 3.19. The van der Waals surface area contributed by atoms with E-state index >= 15 is 0 Å². The van der Waals surface area contributed by atoms with Crippen LogP contribution in [0.5, 0.6) is 0 Å². The fourth-order valence-electron chi connectivity index (χ4n) is 3.59. The Hall–Kier alpha value is -1.88. The molecule has 1 aliphatic carbocycles. The standard InChI is InChI=1S/C18H23NO4/c1-2-16(23-12-7-3-4-8-12)17(20)19-11-14(18(21)22)13-9-5-6-10-15(13)19/h5-6,9-10,12,14,16H,2-4,7-8,11H2,1H3,(H,21,22). The summed E-state index contributed by atoms with van der Waals surface area (Å²) in [5.41, 5.74) is 1.42. The van der Waals surface area contributed by atoms with Crippen molar-refractivity contribution in [3.63, 3.8) is 0 Å². The summed E-state index contributed by atoms with van der Waals surface area (Å²) < 4.78 is 6.01. The Kier molecular flexibility index (Phi) is 4.66. The Morgan fingerprint density at radius 2 is 2.00 bits per heavy atom. The molecule has 0 bridgehead atoms. The van der Waals surface area contributed by atoms with E-state index in [1.807, 2.05) is 25.1 Å². The fraction of sp³-hybridized carbons (Fsp3) is 0.556. The Balaban J connectivity index is 1.79. The van der Waals surface area contributed by atoms with Gasteiger partial charge >= 0.3 is 5.97 Å². The van der Waals surface area contributed by atoms with E-state index in [9.17, 15) is 14.7 Å². The number of carbonyl (C=O) groups is 2. The number of fused-ring (bicyclic) bond motifs is 1. The van der Waals surface area contributed by atoms with Gasteiger partial charge in [0.25, 0.3) is 5.91 Å². The molecule has 1 fully saturated rings. The summed E-state index contributed by atoms with van der Waals surface area (Å²) in [7, 11) is 0. The van der Waals surface area contributed by atoms with E-state index in [-0.39, 0.29) is 18.6 Å². The number of amides is 1. The molecule has 5 nitrogen and oxygen atoms in total. The van der Waals surface area contributed by atoms with Gasteiger partial charge in [0.15, 0.2) is 0 Å². The molecule has 2 aliphatic rings. The van der Waals surface area contributed by atoms with Gasteiger partial charge in [0.1, 0.15) is 12.0 Å². The highest BCUT2D eigenvalue weighted by atomic mass is 16.5. The van der Waals surface area contributed by atoms with Crippen LogP contribution in [0, 0.1) is 0 Å². The zero-order valence-electron chi connectivity index (χ0n) is 13.4. The second-order valence-corrected chi connectivity index (χ2v) is 6.34. The van der Waals surface area contributed by atoms with Crippen molar-refractivity contribution in [2.75, 3.05) is 11.4 Å². The molecule has 0 saturated heterocycles. The molecule has 23 heavy (non-hydrogen) atoms. The average molecular weight is 317 g/mol. The normalized spacial score (nSPS) is 22.1. The van der Waals surface area contributed by atoms with E-state index in [0.717, 1.165) is 25.7 Å². The lowest BCUT2D eigenvalue weighted by Gasteiger charge is -2.26. The van der Waals surface area contributed by atoms with Crippen molar-refractivity contribution >= 4 is 17.6 Å². The lowest BCUT2D eigenvalue weighted by atomic mass is 10.0. The van der Waals surface area contributed by atoms with Gasteiger partial charge in [0, 0.05) is 12.2 Å². The van der Waals surface area contributed by atoms with Crippen molar-refractivity contribution in [3.8, 4) is 0 Å². The predicted molar refractivity (Wildman–Crippen MR) is 86.6 cm³/mol.